The molecule has 0 atom stereocenters. The number of rotatable bonds is 4. The molecule has 0 aliphatic rings. The van der Waals surface area contributed by atoms with Crippen molar-refractivity contribution in [3.8, 4) is 0 Å². The number of benzene rings is 1. The lowest BCUT2D eigenvalue weighted by Crippen LogP contribution is -2.19. The molecule has 1 aromatic heterocycles. The molecule has 2 aromatic rings. The van der Waals surface area contributed by atoms with Crippen molar-refractivity contribution in [2.24, 2.45) is 0 Å². The average Bonchev–Trinajstić information content (AvgIpc) is 2.71. The van der Waals surface area contributed by atoms with E-state index >= 15 is 0 Å². The molecule has 0 fully saturated rings. The predicted octanol–water partition coefficient (Wildman–Crippen LogP) is 2.28. The molecule has 16 heavy (non-hydrogen) atoms. The predicted molar refractivity (Wildman–Crippen MR) is 69.8 cm³/mol. The summed E-state index contributed by atoms with van der Waals surface area (Å²) in [5, 5.41) is 3.68. The van der Waals surface area contributed by atoms with Gasteiger partial charge in [-0.1, -0.05) is 12.1 Å². The number of nitrogens with one attached hydrogen (secondary N) is 1. The highest BCUT2D eigenvalue weighted by Gasteiger charge is 2.04. The van der Waals surface area contributed by atoms with E-state index in [0.29, 0.717) is 5.75 Å². The normalized spacial score (nSPS) is 10.6. The number of hydrogen-bond donors (Lipinski definition) is 1. The Morgan fingerprint density at radius 2 is 2.31 bits per heavy atom. The van der Waals surface area contributed by atoms with Crippen molar-refractivity contribution in [2.45, 2.75) is 5.75 Å². The Balaban J connectivity index is 1.97. The van der Waals surface area contributed by atoms with E-state index in [-0.39, 0.29) is 5.91 Å². The first-order valence-corrected chi connectivity index (χ1v) is 6.89. The second-order valence-electron chi connectivity index (χ2n) is 3.24. The van der Waals surface area contributed by atoms with Crippen molar-refractivity contribution < 1.29 is 4.79 Å². The summed E-state index contributed by atoms with van der Waals surface area (Å²) in [6.07, 6.45) is 0. The van der Waals surface area contributed by atoms with E-state index in [4.69, 9.17) is 0 Å². The van der Waals surface area contributed by atoms with E-state index in [1.807, 2.05) is 18.2 Å². The van der Waals surface area contributed by atoms with Gasteiger partial charge in [-0.05, 0) is 12.1 Å². The first-order chi connectivity index (χ1) is 7.79. The Kier molecular flexibility index (Phi) is 3.79. The highest BCUT2D eigenvalue weighted by molar-refractivity contribution is 7.99. The molecule has 5 heteroatoms. The maximum Gasteiger partial charge on any atom is 0.229 e. The van der Waals surface area contributed by atoms with Gasteiger partial charge >= 0.3 is 0 Å². The van der Waals surface area contributed by atoms with Gasteiger partial charge in [-0.25, -0.2) is 4.98 Å². The molecule has 1 heterocycles. The van der Waals surface area contributed by atoms with Crippen LogP contribution in [0.3, 0.4) is 0 Å². The van der Waals surface area contributed by atoms with Gasteiger partial charge in [-0.2, -0.15) is 0 Å². The minimum absolute atomic E-state index is 0.0612. The highest BCUT2D eigenvalue weighted by Crippen LogP contribution is 2.24. The van der Waals surface area contributed by atoms with Crippen LogP contribution in [-0.2, 0) is 10.5 Å². The van der Waals surface area contributed by atoms with E-state index in [9.17, 15) is 4.79 Å². The molecule has 0 bridgehead atoms. The molecule has 1 N–H and O–H groups in total. The van der Waals surface area contributed by atoms with Crippen LogP contribution in [0, 0.1) is 0 Å². The van der Waals surface area contributed by atoms with Gasteiger partial charge in [-0.3, -0.25) is 4.79 Å². The summed E-state index contributed by atoms with van der Waals surface area (Å²) >= 11 is 3.28. The van der Waals surface area contributed by atoms with Crippen molar-refractivity contribution >= 4 is 39.2 Å². The van der Waals surface area contributed by atoms with E-state index < -0.39 is 0 Å². The van der Waals surface area contributed by atoms with Crippen LogP contribution >= 0.6 is 23.1 Å². The molecule has 0 radical (unpaired) electrons. The number of carbonyl (C=O) groups excluding carboxylic acids is 1. The van der Waals surface area contributed by atoms with Crippen LogP contribution in [0.5, 0.6) is 0 Å². The minimum atomic E-state index is 0.0612. The Hall–Kier alpha value is -1.07. The molecule has 0 aliphatic heterocycles. The Morgan fingerprint density at radius 3 is 3.06 bits per heavy atom. The molecular weight excluding hydrogens is 240 g/mol. The Labute approximate surface area is 102 Å². The fraction of sp³-hybridized carbons (Fsp3) is 0.273. The molecule has 1 amide bonds. The molecule has 0 saturated heterocycles. The third-order valence-corrected chi connectivity index (χ3v) is 4.24. The summed E-state index contributed by atoms with van der Waals surface area (Å²) in [6.45, 7) is 0. The standard InChI is InChI=1S/C11H12N2OS2/c1-12-10(14)6-15-7-11-13-8-4-2-3-5-9(8)16-11/h2-5H,6-7H2,1H3,(H,12,14). The van der Waals surface area contributed by atoms with Crippen molar-refractivity contribution in [3.63, 3.8) is 0 Å². The minimum Gasteiger partial charge on any atom is -0.358 e. The van der Waals surface area contributed by atoms with Crippen molar-refractivity contribution in [1.29, 1.82) is 0 Å². The molecule has 0 spiro atoms. The zero-order valence-electron chi connectivity index (χ0n) is 8.90. The van der Waals surface area contributed by atoms with E-state index in [1.165, 1.54) is 4.70 Å². The largest absolute Gasteiger partial charge is 0.358 e. The summed E-state index contributed by atoms with van der Waals surface area (Å²) in [5.74, 6) is 1.35. The molecule has 1 aromatic carbocycles. The number of hydrogen-bond acceptors (Lipinski definition) is 4. The summed E-state index contributed by atoms with van der Waals surface area (Å²) < 4.78 is 1.21. The summed E-state index contributed by atoms with van der Waals surface area (Å²) in [5.41, 5.74) is 1.04. The number of fused-ring (bicyclic) bond motifs is 1. The van der Waals surface area contributed by atoms with Gasteiger partial charge in [0.25, 0.3) is 0 Å². The van der Waals surface area contributed by atoms with Crippen LogP contribution in [0.15, 0.2) is 24.3 Å². The maximum absolute atomic E-state index is 11.0. The molecule has 0 unspecified atom stereocenters. The number of nitrogens with zero attached hydrogens (tertiary/aromatic N) is 1. The summed E-state index contributed by atoms with van der Waals surface area (Å²) in [4.78, 5) is 15.5. The van der Waals surface area contributed by atoms with Gasteiger partial charge in [-0.15, -0.1) is 23.1 Å². The summed E-state index contributed by atoms with van der Waals surface area (Å²) in [7, 11) is 1.65. The molecule has 84 valence electrons. The van der Waals surface area contributed by atoms with Crippen LogP contribution in [0.1, 0.15) is 5.01 Å². The lowest BCUT2D eigenvalue weighted by molar-refractivity contribution is -0.118. The van der Waals surface area contributed by atoms with Gasteiger partial charge in [0.15, 0.2) is 0 Å². The molecule has 0 aliphatic carbocycles. The van der Waals surface area contributed by atoms with Crippen molar-refractivity contribution in [3.05, 3.63) is 29.3 Å². The topological polar surface area (TPSA) is 42.0 Å². The second-order valence-corrected chi connectivity index (χ2v) is 5.34. The van der Waals surface area contributed by atoms with Crippen LogP contribution in [0.25, 0.3) is 10.2 Å². The maximum atomic E-state index is 11.0. The molecular formula is C11H12N2OS2. The van der Waals surface area contributed by atoms with Gasteiger partial charge in [0, 0.05) is 12.8 Å². The SMILES string of the molecule is CNC(=O)CSCc1nc2ccccc2s1. The number of para-hydroxylation sites is 1. The first kappa shape index (κ1) is 11.4. The average molecular weight is 252 g/mol. The van der Waals surface area contributed by atoms with Crippen LogP contribution in [-0.4, -0.2) is 23.7 Å². The number of amides is 1. The first-order valence-electron chi connectivity index (χ1n) is 4.92. The van der Waals surface area contributed by atoms with E-state index in [2.05, 4.69) is 16.4 Å². The fourth-order valence-electron chi connectivity index (χ4n) is 1.28. The van der Waals surface area contributed by atoms with Crippen LogP contribution in [0.4, 0.5) is 0 Å². The van der Waals surface area contributed by atoms with Crippen molar-refractivity contribution in [1.82, 2.24) is 10.3 Å². The van der Waals surface area contributed by atoms with E-state index in [1.54, 1.807) is 30.1 Å². The van der Waals surface area contributed by atoms with Gasteiger partial charge < -0.3 is 5.32 Å². The Morgan fingerprint density at radius 1 is 1.50 bits per heavy atom. The lowest BCUT2D eigenvalue weighted by atomic mass is 10.3. The number of thioether (sulfide) groups is 1. The quantitative estimate of drug-likeness (QED) is 0.907. The highest BCUT2D eigenvalue weighted by atomic mass is 32.2. The molecule has 2 rings (SSSR count). The second kappa shape index (κ2) is 5.32. The third kappa shape index (κ3) is 2.74. The molecule has 3 nitrogen and oxygen atoms in total. The van der Waals surface area contributed by atoms with Crippen molar-refractivity contribution in [2.75, 3.05) is 12.8 Å². The van der Waals surface area contributed by atoms with Crippen LogP contribution < -0.4 is 5.32 Å². The molecule has 0 saturated carbocycles. The number of aromatic nitrogens is 1. The monoisotopic (exact) mass is 252 g/mol. The zero-order chi connectivity index (χ0) is 11.4. The fourth-order valence-corrected chi connectivity index (χ4v) is 3.20. The number of thiazole rings is 1. The van der Waals surface area contributed by atoms with Crippen LogP contribution in [0.2, 0.25) is 0 Å². The van der Waals surface area contributed by atoms with Gasteiger partial charge in [0.2, 0.25) is 5.91 Å². The van der Waals surface area contributed by atoms with Gasteiger partial charge in [0.05, 0.1) is 16.0 Å². The Bertz CT molecular complexity index is 462. The summed E-state index contributed by atoms with van der Waals surface area (Å²) in [6, 6.07) is 8.09. The zero-order valence-corrected chi connectivity index (χ0v) is 10.5. The number of carbonyl (C=O) groups is 1. The van der Waals surface area contributed by atoms with E-state index in [0.717, 1.165) is 16.3 Å². The third-order valence-electron chi connectivity index (χ3n) is 2.08. The smallest absolute Gasteiger partial charge is 0.229 e. The lowest BCUT2D eigenvalue weighted by Gasteiger charge is -1.97. The van der Waals surface area contributed by atoms with Gasteiger partial charge in [0.1, 0.15) is 5.01 Å².